The zero-order valence-corrected chi connectivity index (χ0v) is 11.5. The van der Waals surface area contributed by atoms with Gasteiger partial charge in [0.25, 0.3) is 5.91 Å². The van der Waals surface area contributed by atoms with Crippen LogP contribution in [0.1, 0.15) is 13.8 Å². The Labute approximate surface area is 114 Å². The largest absolute Gasteiger partial charge is 0.477 e. The van der Waals surface area contributed by atoms with Gasteiger partial charge in [-0.2, -0.15) is 0 Å². The predicted octanol–water partition coefficient (Wildman–Crippen LogP) is 2.15. The molecule has 0 bridgehead atoms. The average Bonchev–Trinajstić information content (AvgIpc) is 2.39. The van der Waals surface area contributed by atoms with E-state index in [1.54, 1.807) is 4.90 Å². The number of nitrogens with zero attached hydrogens (tertiary/aromatic N) is 1. The number of carbonyl (C=O) groups is 1. The maximum Gasteiger partial charge on any atom is 0.265 e. The summed E-state index contributed by atoms with van der Waals surface area (Å²) in [5.74, 6) is 0.807. The summed E-state index contributed by atoms with van der Waals surface area (Å²) in [7, 11) is 0. The normalized spacial score (nSPS) is 16.7. The smallest absolute Gasteiger partial charge is 0.265 e. The molecule has 1 atom stereocenters. The number of fused-ring (bicyclic) bond motifs is 1. The van der Waals surface area contributed by atoms with Gasteiger partial charge in [0.05, 0.1) is 12.2 Å². The quantitative estimate of drug-likeness (QED) is 0.915. The molecule has 5 heteroatoms. The van der Waals surface area contributed by atoms with E-state index in [9.17, 15) is 4.79 Å². The number of anilines is 1. The number of hydrogen-bond donors (Lipinski definition) is 1. The highest BCUT2D eigenvalue weighted by molar-refractivity contribution is 5.85. The molecule has 1 aromatic rings. The van der Waals surface area contributed by atoms with Crippen LogP contribution < -0.4 is 10.1 Å². The van der Waals surface area contributed by atoms with Crippen molar-refractivity contribution in [3.05, 3.63) is 24.3 Å². The van der Waals surface area contributed by atoms with Crippen LogP contribution in [0.25, 0.3) is 0 Å². The number of ether oxygens (including phenoxy) is 1. The highest BCUT2D eigenvalue weighted by Gasteiger charge is 2.28. The van der Waals surface area contributed by atoms with Crippen LogP contribution in [0.3, 0.4) is 0 Å². The first-order valence-electron chi connectivity index (χ1n) is 6.04. The Bertz CT molecular complexity index is 408. The van der Waals surface area contributed by atoms with Crippen LogP contribution in [0, 0.1) is 0 Å². The molecule has 0 saturated carbocycles. The Balaban J connectivity index is 0.00000162. The van der Waals surface area contributed by atoms with Gasteiger partial charge in [-0.05, 0) is 26.0 Å². The van der Waals surface area contributed by atoms with Gasteiger partial charge in [0, 0.05) is 13.1 Å². The second-order valence-electron chi connectivity index (χ2n) is 3.99. The zero-order chi connectivity index (χ0) is 12.3. The SMILES string of the molecule is CCN(CC)C(=O)C1CNc2ccccc2O1.Cl. The van der Waals surface area contributed by atoms with Crippen molar-refractivity contribution in [2.45, 2.75) is 20.0 Å². The fraction of sp³-hybridized carbons (Fsp3) is 0.462. The number of rotatable bonds is 3. The Kier molecular flexibility index (Phi) is 5.28. The molecular formula is C13H19ClN2O2. The van der Waals surface area contributed by atoms with Gasteiger partial charge >= 0.3 is 0 Å². The molecular weight excluding hydrogens is 252 g/mol. The van der Waals surface area contributed by atoms with Gasteiger partial charge in [-0.15, -0.1) is 12.4 Å². The number of hydrogen-bond acceptors (Lipinski definition) is 3. The summed E-state index contributed by atoms with van der Waals surface area (Å²) in [5.41, 5.74) is 0.955. The van der Waals surface area contributed by atoms with E-state index in [1.165, 1.54) is 0 Å². The van der Waals surface area contributed by atoms with E-state index in [1.807, 2.05) is 38.1 Å². The molecule has 1 heterocycles. The lowest BCUT2D eigenvalue weighted by atomic mass is 10.2. The van der Waals surface area contributed by atoms with Gasteiger partial charge in [0.15, 0.2) is 6.10 Å². The van der Waals surface area contributed by atoms with Gasteiger partial charge in [-0.25, -0.2) is 0 Å². The lowest BCUT2D eigenvalue weighted by Gasteiger charge is -2.30. The van der Waals surface area contributed by atoms with Crippen molar-refractivity contribution in [3.63, 3.8) is 0 Å². The first-order chi connectivity index (χ1) is 8.26. The fourth-order valence-corrected chi connectivity index (χ4v) is 1.99. The standard InChI is InChI=1S/C13H18N2O2.ClH/c1-3-15(4-2)13(16)12-9-14-10-7-5-6-8-11(10)17-12;/h5-8,12,14H,3-4,9H2,1-2H3;1H. The third-order valence-corrected chi connectivity index (χ3v) is 2.98. The number of amides is 1. The molecule has 18 heavy (non-hydrogen) atoms. The monoisotopic (exact) mass is 270 g/mol. The maximum atomic E-state index is 12.1. The van der Waals surface area contributed by atoms with Gasteiger partial charge in [0.1, 0.15) is 5.75 Å². The van der Waals surface area contributed by atoms with Crippen molar-refractivity contribution in [1.82, 2.24) is 4.90 Å². The number of para-hydroxylation sites is 2. The van der Waals surface area contributed by atoms with Crippen LogP contribution in [0.4, 0.5) is 5.69 Å². The van der Waals surface area contributed by atoms with Crippen molar-refractivity contribution in [1.29, 1.82) is 0 Å². The Morgan fingerprint density at radius 1 is 1.39 bits per heavy atom. The molecule has 1 aliphatic heterocycles. The summed E-state index contributed by atoms with van der Waals surface area (Å²) in [4.78, 5) is 13.9. The Morgan fingerprint density at radius 3 is 2.72 bits per heavy atom. The minimum absolute atomic E-state index is 0. The second-order valence-corrected chi connectivity index (χ2v) is 3.99. The van der Waals surface area contributed by atoms with Crippen LogP contribution >= 0.6 is 12.4 Å². The third-order valence-electron chi connectivity index (χ3n) is 2.98. The molecule has 0 radical (unpaired) electrons. The summed E-state index contributed by atoms with van der Waals surface area (Å²) in [6.45, 7) is 5.93. The first kappa shape index (κ1) is 14.6. The van der Waals surface area contributed by atoms with E-state index >= 15 is 0 Å². The van der Waals surface area contributed by atoms with E-state index in [2.05, 4.69) is 5.32 Å². The molecule has 0 aliphatic carbocycles. The molecule has 0 saturated heterocycles. The number of carbonyl (C=O) groups excluding carboxylic acids is 1. The van der Waals surface area contributed by atoms with Crippen molar-refractivity contribution in [2.75, 3.05) is 25.0 Å². The lowest BCUT2D eigenvalue weighted by Crippen LogP contribution is -2.46. The number of nitrogens with one attached hydrogen (secondary N) is 1. The van der Waals surface area contributed by atoms with Gasteiger partial charge in [-0.3, -0.25) is 4.79 Å². The Morgan fingerprint density at radius 2 is 2.06 bits per heavy atom. The van der Waals surface area contributed by atoms with Crippen LogP contribution in [-0.4, -0.2) is 36.5 Å². The summed E-state index contributed by atoms with van der Waals surface area (Å²) in [6.07, 6.45) is -0.412. The molecule has 0 spiro atoms. The van der Waals surface area contributed by atoms with E-state index in [-0.39, 0.29) is 18.3 Å². The molecule has 2 rings (SSSR count). The Hall–Kier alpha value is -1.42. The number of likely N-dealkylation sites (N-methyl/N-ethyl adjacent to an activating group) is 1. The molecule has 1 unspecified atom stereocenters. The molecule has 100 valence electrons. The van der Waals surface area contributed by atoms with E-state index in [0.29, 0.717) is 6.54 Å². The molecule has 1 aromatic carbocycles. The molecule has 1 aliphatic rings. The topological polar surface area (TPSA) is 41.6 Å². The number of halogens is 1. The molecule has 0 fully saturated rings. The van der Waals surface area contributed by atoms with Gasteiger partial charge in [-0.1, -0.05) is 12.1 Å². The molecule has 0 aromatic heterocycles. The summed E-state index contributed by atoms with van der Waals surface area (Å²) in [6, 6.07) is 7.68. The second kappa shape index (κ2) is 6.50. The predicted molar refractivity (Wildman–Crippen MR) is 74.5 cm³/mol. The summed E-state index contributed by atoms with van der Waals surface area (Å²) >= 11 is 0. The van der Waals surface area contributed by atoms with Crippen LogP contribution in [-0.2, 0) is 4.79 Å². The van der Waals surface area contributed by atoms with E-state index in [0.717, 1.165) is 24.5 Å². The van der Waals surface area contributed by atoms with Crippen molar-refractivity contribution >= 4 is 24.0 Å². The molecule has 1 amide bonds. The average molecular weight is 271 g/mol. The zero-order valence-electron chi connectivity index (χ0n) is 10.7. The fourth-order valence-electron chi connectivity index (χ4n) is 1.99. The molecule has 4 nitrogen and oxygen atoms in total. The first-order valence-corrected chi connectivity index (χ1v) is 6.04. The van der Waals surface area contributed by atoms with E-state index in [4.69, 9.17) is 4.74 Å². The lowest BCUT2D eigenvalue weighted by molar-refractivity contribution is -0.137. The summed E-state index contributed by atoms with van der Waals surface area (Å²) in [5, 5.41) is 3.22. The number of benzene rings is 1. The molecule has 1 N–H and O–H groups in total. The van der Waals surface area contributed by atoms with E-state index < -0.39 is 6.10 Å². The third kappa shape index (κ3) is 2.88. The van der Waals surface area contributed by atoms with Crippen molar-refractivity contribution < 1.29 is 9.53 Å². The maximum absolute atomic E-state index is 12.1. The summed E-state index contributed by atoms with van der Waals surface area (Å²) < 4.78 is 5.72. The minimum Gasteiger partial charge on any atom is -0.477 e. The van der Waals surface area contributed by atoms with Gasteiger partial charge < -0.3 is 15.0 Å². The van der Waals surface area contributed by atoms with Crippen LogP contribution in [0.5, 0.6) is 5.75 Å². The highest BCUT2D eigenvalue weighted by Crippen LogP contribution is 2.28. The van der Waals surface area contributed by atoms with Gasteiger partial charge in [0.2, 0.25) is 0 Å². The van der Waals surface area contributed by atoms with Crippen molar-refractivity contribution in [3.8, 4) is 5.75 Å². The van der Waals surface area contributed by atoms with Crippen molar-refractivity contribution in [2.24, 2.45) is 0 Å². The minimum atomic E-state index is -0.412. The van der Waals surface area contributed by atoms with Crippen LogP contribution in [0.2, 0.25) is 0 Å². The highest BCUT2D eigenvalue weighted by atomic mass is 35.5. The van der Waals surface area contributed by atoms with Crippen LogP contribution in [0.15, 0.2) is 24.3 Å².